The predicted molar refractivity (Wildman–Crippen MR) is 86.5 cm³/mol. The number of nitrogens with one attached hydrogen (secondary N) is 2. The zero-order valence-electron chi connectivity index (χ0n) is 11.1. The molecule has 0 aliphatic rings. The number of amides is 1. The van der Waals surface area contributed by atoms with E-state index in [1.54, 1.807) is 42.6 Å². The summed E-state index contributed by atoms with van der Waals surface area (Å²) in [5.74, 6) is -0.248. The Labute approximate surface area is 132 Å². The minimum absolute atomic E-state index is 0.248. The normalized spacial score (nSPS) is 10.0. The Morgan fingerprint density at radius 3 is 2.76 bits per heavy atom. The van der Waals surface area contributed by atoms with Crippen LogP contribution in [0.4, 0.5) is 11.4 Å². The Morgan fingerprint density at radius 1 is 1.29 bits per heavy atom. The summed E-state index contributed by atoms with van der Waals surface area (Å²) in [6.45, 7) is 3.94. The minimum Gasteiger partial charge on any atom is -0.353 e. The van der Waals surface area contributed by atoms with E-state index >= 15 is 0 Å². The van der Waals surface area contributed by atoms with Crippen LogP contribution in [-0.2, 0) is 0 Å². The summed E-state index contributed by atoms with van der Waals surface area (Å²) in [5.41, 5.74) is 1.72. The Hall–Kier alpha value is -2.04. The van der Waals surface area contributed by atoms with Crippen molar-refractivity contribution in [3.8, 4) is 0 Å². The Bertz CT molecular complexity index is 656. The number of hydrogen-bond donors (Lipinski definition) is 2. The fraction of sp³-hybridized carbons (Fsp3) is 0.0667. The van der Waals surface area contributed by atoms with E-state index in [2.05, 4.69) is 22.2 Å². The van der Waals surface area contributed by atoms with E-state index in [0.29, 0.717) is 33.7 Å². The predicted octanol–water partition coefficient (Wildman–Crippen LogP) is 4.05. The smallest absolute Gasteiger partial charge is 0.270 e. The van der Waals surface area contributed by atoms with Crippen LogP contribution in [0.15, 0.2) is 49.2 Å². The summed E-state index contributed by atoms with van der Waals surface area (Å²) in [4.78, 5) is 15.8. The first kappa shape index (κ1) is 15.4. The van der Waals surface area contributed by atoms with Gasteiger partial charge in [0.25, 0.3) is 5.91 Å². The summed E-state index contributed by atoms with van der Waals surface area (Å²) in [7, 11) is 0. The van der Waals surface area contributed by atoms with Crippen LogP contribution in [0.5, 0.6) is 0 Å². The first-order chi connectivity index (χ1) is 10.1. The maximum atomic E-state index is 11.7. The highest BCUT2D eigenvalue weighted by Crippen LogP contribution is 2.28. The Morgan fingerprint density at radius 2 is 2.10 bits per heavy atom. The zero-order chi connectivity index (χ0) is 15.2. The van der Waals surface area contributed by atoms with E-state index in [1.165, 1.54) is 0 Å². The first-order valence-electron chi connectivity index (χ1n) is 6.17. The van der Waals surface area contributed by atoms with Gasteiger partial charge in [0.1, 0.15) is 5.69 Å². The molecule has 0 unspecified atom stereocenters. The molecule has 2 aromatic rings. The number of carbonyl (C=O) groups is 1. The number of aromatic nitrogens is 1. The number of nitrogens with zero attached hydrogens (tertiary/aromatic N) is 1. The molecule has 0 saturated heterocycles. The second-order valence-corrected chi connectivity index (χ2v) is 5.02. The molecule has 1 aromatic carbocycles. The van der Waals surface area contributed by atoms with Gasteiger partial charge in [-0.3, -0.25) is 4.79 Å². The quantitative estimate of drug-likeness (QED) is 0.817. The average molecular weight is 322 g/mol. The minimum atomic E-state index is -0.248. The third-order valence-corrected chi connectivity index (χ3v) is 3.18. The number of carbonyl (C=O) groups excluding carboxylic acids is 1. The third kappa shape index (κ3) is 4.21. The average Bonchev–Trinajstić information content (AvgIpc) is 2.49. The van der Waals surface area contributed by atoms with Gasteiger partial charge in [0, 0.05) is 11.6 Å². The van der Waals surface area contributed by atoms with Crippen LogP contribution in [0.3, 0.4) is 0 Å². The van der Waals surface area contributed by atoms with Crippen LogP contribution in [0, 0.1) is 0 Å². The maximum absolute atomic E-state index is 11.7. The first-order valence-corrected chi connectivity index (χ1v) is 6.93. The van der Waals surface area contributed by atoms with Crippen LogP contribution >= 0.6 is 23.2 Å². The third-order valence-electron chi connectivity index (χ3n) is 2.61. The molecule has 1 aromatic heterocycles. The SMILES string of the molecule is C=CCNC(=O)c1ccc(Nc2cc(Cl)ccc2Cl)cn1. The Balaban J connectivity index is 2.10. The number of pyridine rings is 1. The monoisotopic (exact) mass is 321 g/mol. The van der Waals surface area contributed by atoms with Gasteiger partial charge < -0.3 is 10.6 Å². The van der Waals surface area contributed by atoms with Crippen molar-refractivity contribution in [2.45, 2.75) is 0 Å². The molecule has 1 amide bonds. The lowest BCUT2D eigenvalue weighted by Crippen LogP contribution is -2.24. The Kier molecular flexibility index (Phi) is 5.20. The number of hydrogen-bond acceptors (Lipinski definition) is 3. The van der Waals surface area contributed by atoms with Crippen LogP contribution in [0.25, 0.3) is 0 Å². The lowest BCUT2D eigenvalue weighted by atomic mass is 10.3. The van der Waals surface area contributed by atoms with Crippen molar-refractivity contribution in [3.63, 3.8) is 0 Å². The molecule has 108 valence electrons. The standard InChI is InChI=1S/C15H13Cl2N3O/c1-2-7-18-15(21)13-6-4-11(9-19-13)20-14-8-10(16)3-5-12(14)17/h2-6,8-9,20H,1,7H2,(H,18,21). The number of rotatable bonds is 5. The fourth-order valence-corrected chi connectivity index (χ4v) is 1.94. The molecule has 0 bridgehead atoms. The van der Waals surface area contributed by atoms with Gasteiger partial charge in [0.05, 0.1) is 22.6 Å². The molecule has 0 aliphatic carbocycles. The zero-order valence-corrected chi connectivity index (χ0v) is 12.6. The summed E-state index contributed by atoms with van der Waals surface area (Å²) >= 11 is 12.0. The van der Waals surface area contributed by atoms with Crippen molar-refractivity contribution in [1.29, 1.82) is 0 Å². The largest absolute Gasteiger partial charge is 0.353 e. The van der Waals surface area contributed by atoms with Gasteiger partial charge in [-0.05, 0) is 30.3 Å². The maximum Gasteiger partial charge on any atom is 0.270 e. The molecule has 0 saturated carbocycles. The lowest BCUT2D eigenvalue weighted by Gasteiger charge is -2.09. The van der Waals surface area contributed by atoms with Crippen molar-refractivity contribution < 1.29 is 4.79 Å². The molecule has 21 heavy (non-hydrogen) atoms. The number of halogens is 2. The van der Waals surface area contributed by atoms with Crippen molar-refractivity contribution in [3.05, 3.63) is 64.9 Å². The molecule has 1 heterocycles. The molecule has 0 fully saturated rings. The molecule has 0 spiro atoms. The van der Waals surface area contributed by atoms with Crippen molar-refractivity contribution in [2.24, 2.45) is 0 Å². The molecule has 0 aliphatic heterocycles. The van der Waals surface area contributed by atoms with E-state index in [-0.39, 0.29) is 5.91 Å². The fourth-order valence-electron chi connectivity index (χ4n) is 1.61. The van der Waals surface area contributed by atoms with Crippen molar-refractivity contribution in [1.82, 2.24) is 10.3 Å². The van der Waals surface area contributed by atoms with Gasteiger partial charge in [0.2, 0.25) is 0 Å². The second-order valence-electron chi connectivity index (χ2n) is 4.18. The molecular formula is C15H13Cl2N3O. The van der Waals surface area contributed by atoms with E-state index in [9.17, 15) is 4.79 Å². The van der Waals surface area contributed by atoms with Gasteiger partial charge >= 0.3 is 0 Å². The molecule has 6 heteroatoms. The van der Waals surface area contributed by atoms with Crippen molar-refractivity contribution in [2.75, 3.05) is 11.9 Å². The second kappa shape index (κ2) is 7.11. The molecular weight excluding hydrogens is 309 g/mol. The molecule has 0 atom stereocenters. The number of benzene rings is 1. The van der Waals surface area contributed by atoms with Gasteiger partial charge in [-0.25, -0.2) is 4.98 Å². The highest BCUT2D eigenvalue weighted by atomic mass is 35.5. The van der Waals surface area contributed by atoms with Gasteiger partial charge in [-0.2, -0.15) is 0 Å². The van der Waals surface area contributed by atoms with Crippen LogP contribution in [-0.4, -0.2) is 17.4 Å². The molecule has 4 nitrogen and oxygen atoms in total. The topological polar surface area (TPSA) is 54.0 Å². The van der Waals surface area contributed by atoms with Crippen LogP contribution in [0.2, 0.25) is 10.0 Å². The summed E-state index contributed by atoms with van der Waals surface area (Å²) < 4.78 is 0. The summed E-state index contributed by atoms with van der Waals surface area (Å²) in [5, 5.41) is 6.88. The van der Waals surface area contributed by atoms with Gasteiger partial charge in [-0.15, -0.1) is 6.58 Å². The highest BCUT2D eigenvalue weighted by molar-refractivity contribution is 6.35. The van der Waals surface area contributed by atoms with E-state index in [4.69, 9.17) is 23.2 Å². The van der Waals surface area contributed by atoms with Gasteiger partial charge in [0.15, 0.2) is 0 Å². The van der Waals surface area contributed by atoms with Gasteiger partial charge in [-0.1, -0.05) is 29.3 Å². The summed E-state index contributed by atoms with van der Waals surface area (Å²) in [6.07, 6.45) is 3.16. The lowest BCUT2D eigenvalue weighted by molar-refractivity contribution is 0.0953. The van der Waals surface area contributed by atoms with E-state index in [0.717, 1.165) is 0 Å². The van der Waals surface area contributed by atoms with Crippen LogP contribution < -0.4 is 10.6 Å². The number of anilines is 2. The molecule has 2 rings (SSSR count). The highest BCUT2D eigenvalue weighted by Gasteiger charge is 2.06. The van der Waals surface area contributed by atoms with Crippen molar-refractivity contribution >= 4 is 40.5 Å². The van der Waals surface area contributed by atoms with E-state index < -0.39 is 0 Å². The molecule has 2 N–H and O–H groups in total. The summed E-state index contributed by atoms with van der Waals surface area (Å²) in [6, 6.07) is 8.50. The van der Waals surface area contributed by atoms with Crippen LogP contribution in [0.1, 0.15) is 10.5 Å². The van der Waals surface area contributed by atoms with E-state index in [1.807, 2.05) is 0 Å². The molecule has 0 radical (unpaired) electrons.